The first-order valence-corrected chi connectivity index (χ1v) is 12.6. The summed E-state index contributed by atoms with van der Waals surface area (Å²) in [5.41, 5.74) is 1.68. The Hall–Kier alpha value is -4.33. The maximum atomic E-state index is 13.6. The second-order valence-corrected chi connectivity index (χ2v) is 10.3. The molecular formula is C30H32N3O5+. The molecule has 2 aliphatic rings. The molecule has 8 heteroatoms. The summed E-state index contributed by atoms with van der Waals surface area (Å²) in [4.78, 5) is 30.1. The molecule has 0 saturated heterocycles. The third kappa shape index (κ3) is 5.20. The fourth-order valence-corrected chi connectivity index (χ4v) is 5.20. The van der Waals surface area contributed by atoms with Crippen molar-refractivity contribution in [2.24, 2.45) is 11.3 Å². The molecule has 2 unspecified atom stereocenters. The lowest BCUT2D eigenvalue weighted by Gasteiger charge is -2.40. The van der Waals surface area contributed by atoms with Gasteiger partial charge in [-0.15, -0.1) is 0 Å². The molecule has 0 fully saturated rings. The number of benzene rings is 1. The number of H-pyrrole nitrogens is 1. The van der Waals surface area contributed by atoms with E-state index in [0.717, 1.165) is 11.4 Å². The van der Waals surface area contributed by atoms with Gasteiger partial charge in [0.15, 0.2) is 0 Å². The number of aromatic nitrogens is 1. The zero-order valence-corrected chi connectivity index (χ0v) is 22.0. The monoisotopic (exact) mass is 514 g/mol. The summed E-state index contributed by atoms with van der Waals surface area (Å²) in [6.45, 7) is 6.14. The summed E-state index contributed by atoms with van der Waals surface area (Å²) < 4.78 is 17.3. The van der Waals surface area contributed by atoms with E-state index in [1.54, 1.807) is 19.4 Å². The van der Waals surface area contributed by atoms with Crippen LogP contribution in [0.2, 0.25) is 0 Å². The maximum absolute atomic E-state index is 13.6. The number of carbonyl (C=O) groups is 2. The Bertz CT molecular complexity index is 1400. The van der Waals surface area contributed by atoms with Gasteiger partial charge < -0.3 is 19.2 Å². The molecule has 1 amide bonds. The van der Waals surface area contributed by atoms with Crippen LogP contribution < -0.4 is 25.1 Å². The van der Waals surface area contributed by atoms with Gasteiger partial charge in [-0.1, -0.05) is 26.0 Å². The third-order valence-corrected chi connectivity index (χ3v) is 6.87. The van der Waals surface area contributed by atoms with Crippen LogP contribution in [0.4, 0.5) is 5.82 Å². The Balaban J connectivity index is 1.47. The van der Waals surface area contributed by atoms with Crippen molar-refractivity contribution in [3.05, 3.63) is 95.4 Å². The molecule has 1 aliphatic carbocycles. The van der Waals surface area contributed by atoms with Crippen molar-refractivity contribution in [2.45, 2.75) is 39.7 Å². The Morgan fingerprint density at radius 2 is 1.87 bits per heavy atom. The molecule has 2 atom stereocenters. The lowest BCUT2D eigenvalue weighted by molar-refractivity contribution is -0.360. The summed E-state index contributed by atoms with van der Waals surface area (Å²) in [5.74, 6) is 1.76. The highest BCUT2D eigenvalue weighted by Crippen LogP contribution is 2.47. The van der Waals surface area contributed by atoms with Crippen molar-refractivity contribution < 1.29 is 28.5 Å². The number of nitrogens with one attached hydrogen (secondary N) is 3. The first-order chi connectivity index (χ1) is 18.2. The molecule has 196 valence electrons. The summed E-state index contributed by atoms with van der Waals surface area (Å²) >= 11 is 0. The van der Waals surface area contributed by atoms with E-state index in [1.807, 2.05) is 69.3 Å². The van der Waals surface area contributed by atoms with Gasteiger partial charge in [-0.25, -0.2) is 15.1 Å². The first-order valence-electron chi connectivity index (χ1n) is 12.6. The largest absolute Gasteiger partial charge is 0.497 e. The summed E-state index contributed by atoms with van der Waals surface area (Å²) in [7, 11) is 1.61. The Morgan fingerprint density at radius 3 is 2.58 bits per heavy atom. The number of Topliss-reactive ketones (excluding diaryl/α,β-unsaturated/α-hetero) is 1. The molecular weight excluding hydrogens is 482 g/mol. The number of aromatic amines is 1. The van der Waals surface area contributed by atoms with Gasteiger partial charge in [0.1, 0.15) is 35.4 Å². The lowest BCUT2D eigenvalue weighted by Crippen LogP contribution is -2.44. The Labute approximate surface area is 221 Å². The number of furan rings is 1. The number of rotatable bonds is 7. The molecule has 1 aliphatic heterocycles. The summed E-state index contributed by atoms with van der Waals surface area (Å²) in [5, 5.41) is 6.29. The van der Waals surface area contributed by atoms with Gasteiger partial charge >= 0.3 is 5.91 Å². The SMILES string of the molecule is COc1ccc(OCc2ccc(C3C(C(=O)Nc4cccc[nH+]4)=C(C)NC4=CC(C)(C)CC(=O)C43)o2)cc1. The van der Waals surface area contributed by atoms with E-state index in [9.17, 15) is 9.59 Å². The molecule has 3 N–H and O–H groups in total. The van der Waals surface area contributed by atoms with E-state index in [4.69, 9.17) is 13.9 Å². The lowest BCUT2D eigenvalue weighted by atomic mass is 9.67. The van der Waals surface area contributed by atoms with Crippen LogP contribution in [0.25, 0.3) is 0 Å². The van der Waals surface area contributed by atoms with Gasteiger partial charge in [-0.3, -0.25) is 4.79 Å². The van der Waals surface area contributed by atoms with E-state index in [2.05, 4.69) is 21.7 Å². The van der Waals surface area contributed by atoms with E-state index in [1.165, 1.54) is 0 Å². The molecule has 2 aromatic heterocycles. The van der Waals surface area contributed by atoms with Crippen LogP contribution >= 0.6 is 0 Å². The minimum Gasteiger partial charge on any atom is -0.497 e. The fourth-order valence-electron chi connectivity index (χ4n) is 5.20. The predicted octanol–water partition coefficient (Wildman–Crippen LogP) is 4.78. The van der Waals surface area contributed by atoms with Gasteiger partial charge in [0.05, 0.1) is 30.7 Å². The average molecular weight is 515 g/mol. The number of anilines is 1. The second-order valence-electron chi connectivity index (χ2n) is 10.3. The zero-order chi connectivity index (χ0) is 26.9. The van der Waals surface area contributed by atoms with Crippen molar-refractivity contribution in [1.82, 2.24) is 5.32 Å². The molecule has 0 spiro atoms. The highest BCUT2D eigenvalue weighted by atomic mass is 16.5. The molecule has 5 rings (SSSR count). The van der Waals surface area contributed by atoms with E-state index < -0.39 is 11.8 Å². The second kappa shape index (κ2) is 10.2. The van der Waals surface area contributed by atoms with Crippen LogP contribution in [0.15, 0.2) is 88.3 Å². The standard InChI is InChI=1S/C30H31N3O5/c1-18-26(29(35)33-25-7-5-6-14-31-25)28(27-22(32-18)15-30(2,3)16-23(27)34)24-13-12-21(38-24)17-37-20-10-8-19(36-4)9-11-20/h5-15,27-28,32H,16-17H2,1-4H3,(H,31,33,35)/p+1. The molecule has 3 aromatic rings. The number of hydrogen-bond donors (Lipinski definition) is 2. The molecule has 8 nitrogen and oxygen atoms in total. The van der Waals surface area contributed by atoms with Gasteiger partial charge in [-0.2, -0.15) is 0 Å². The number of fused-ring (bicyclic) bond motifs is 1. The predicted molar refractivity (Wildman–Crippen MR) is 141 cm³/mol. The highest BCUT2D eigenvalue weighted by molar-refractivity contribution is 6.06. The van der Waals surface area contributed by atoms with E-state index in [0.29, 0.717) is 40.8 Å². The van der Waals surface area contributed by atoms with Crippen LogP contribution in [-0.4, -0.2) is 18.8 Å². The van der Waals surface area contributed by atoms with Crippen LogP contribution in [0, 0.1) is 11.3 Å². The van der Waals surface area contributed by atoms with Crippen molar-refractivity contribution in [1.29, 1.82) is 0 Å². The summed E-state index contributed by atoms with van der Waals surface area (Å²) in [6.07, 6.45) is 4.22. The van der Waals surface area contributed by atoms with Crippen LogP contribution in [0.3, 0.4) is 0 Å². The normalized spacial score (nSPS) is 20.2. The number of amides is 1. The van der Waals surface area contributed by atoms with E-state index >= 15 is 0 Å². The van der Waals surface area contributed by atoms with Crippen LogP contribution in [0.5, 0.6) is 11.5 Å². The van der Waals surface area contributed by atoms with Crippen LogP contribution in [0.1, 0.15) is 44.6 Å². The molecule has 38 heavy (non-hydrogen) atoms. The minimum atomic E-state index is -0.579. The molecule has 0 saturated carbocycles. The minimum absolute atomic E-state index is 0.0708. The zero-order valence-electron chi connectivity index (χ0n) is 22.0. The van der Waals surface area contributed by atoms with Crippen LogP contribution in [-0.2, 0) is 16.2 Å². The number of ketones is 1. The third-order valence-electron chi connectivity index (χ3n) is 6.87. The quantitative estimate of drug-likeness (QED) is 0.470. The van der Waals surface area contributed by atoms with Gasteiger partial charge in [0, 0.05) is 23.9 Å². The Kier molecular flexibility index (Phi) is 6.80. The molecule has 0 radical (unpaired) electrons. The van der Waals surface area contributed by atoms with Crippen molar-refractivity contribution in [3.8, 4) is 11.5 Å². The van der Waals surface area contributed by atoms with E-state index in [-0.39, 0.29) is 23.7 Å². The number of ether oxygens (including phenoxy) is 2. The number of pyridine rings is 1. The molecule has 0 bridgehead atoms. The fraction of sp³-hybridized carbons (Fsp3) is 0.300. The van der Waals surface area contributed by atoms with Gasteiger partial charge in [0.25, 0.3) is 5.82 Å². The van der Waals surface area contributed by atoms with Crippen molar-refractivity contribution in [3.63, 3.8) is 0 Å². The topological polar surface area (TPSA) is 104 Å². The van der Waals surface area contributed by atoms with Crippen molar-refractivity contribution >= 4 is 17.5 Å². The number of hydrogen-bond acceptors (Lipinski definition) is 6. The van der Waals surface area contributed by atoms with Gasteiger partial charge in [0.2, 0.25) is 0 Å². The number of carbonyl (C=O) groups excluding carboxylic acids is 2. The molecule has 3 heterocycles. The Morgan fingerprint density at radius 1 is 1.11 bits per heavy atom. The first kappa shape index (κ1) is 25.3. The number of methoxy groups -OCH3 is 1. The average Bonchev–Trinajstić information content (AvgIpc) is 3.35. The summed E-state index contributed by atoms with van der Waals surface area (Å²) in [6, 6.07) is 16.4. The van der Waals surface area contributed by atoms with Crippen molar-refractivity contribution in [2.75, 3.05) is 12.4 Å². The maximum Gasteiger partial charge on any atom is 0.337 e. The highest BCUT2D eigenvalue weighted by Gasteiger charge is 2.48. The smallest absolute Gasteiger partial charge is 0.337 e. The molecule has 1 aromatic carbocycles. The number of allylic oxidation sites excluding steroid dienone is 3. The van der Waals surface area contributed by atoms with Gasteiger partial charge in [-0.05, 0) is 54.8 Å².